The number of halogens is 1. The third-order valence-electron chi connectivity index (χ3n) is 4.22. The fourth-order valence-electron chi connectivity index (χ4n) is 2.75. The normalized spacial score (nSPS) is 34.0. The molecule has 0 amide bonds. The molecule has 84 valence electrons. The number of fused-ring (bicyclic) bond motifs is 1. The standard InChI is InChI=1S/C13H14ClNO/c1-12(2)11-10(15-16-13(11,12)3)8-4-6-9(14)7-5-8/h4-7,11H,1-3H3/t11-,13-/m0/s1. The van der Waals surface area contributed by atoms with Crippen molar-refractivity contribution in [2.75, 3.05) is 0 Å². The Hall–Kier alpha value is -1.02. The van der Waals surface area contributed by atoms with Gasteiger partial charge in [0, 0.05) is 10.4 Å². The molecule has 2 aliphatic rings. The summed E-state index contributed by atoms with van der Waals surface area (Å²) >= 11 is 5.88. The molecule has 1 aromatic carbocycles. The Kier molecular flexibility index (Phi) is 1.78. The fraction of sp³-hybridized carbons (Fsp3) is 0.462. The van der Waals surface area contributed by atoms with E-state index >= 15 is 0 Å². The van der Waals surface area contributed by atoms with Crippen molar-refractivity contribution >= 4 is 17.3 Å². The quantitative estimate of drug-likeness (QED) is 0.730. The number of nitrogens with zero attached hydrogens (tertiary/aromatic N) is 1. The first-order valence-electron chi connectivity index (χ1n) is 5.49. The lowest BCUT2D eigenvalue weighted by Crippen LogP contribution is -2.12. The van der Waals surface area contributed by atoms with E-state index in [1.165, 1.54) is 0 Å². The second kappa shape index (κ2) is 2.80. The summed E-state index contributed by atoms with van der Waals surface area (Å²) in [6, 6.07) is 7.80. The Morgan fingerprint density at radius 3 is 2.31 bits per heavy atom. The van der Waals surface area contributed by atoms with Gasteiger partial charge in [0.2, 0.25) is 0 Å². The molecular formula is C13H14ClNO. The molecule has 0 bridgehead atoms. The molecule has 1 saturated carbocycles. The van der Waals surface area contributed by atoms with Crippen LogP contribution in [0.1, 0.15) is 26.3 Å². The van der Waals surface area contributed by atoms with Crippen molar-refractivity contribution in [2.24, 2.45) is 16.5 Å². The predicted octanol–water partition coefficient (Wildman–Crippen LogP) is 3.49. The van der Waals surface area contributed by atoms with E-state index in [0.29, 0.717) is 5.92 Å². The van der Waals surface area contributed by atoms with Crippen LogP contribution in [0.5, 0.6) is 0 Å². The molecule has 0 saturated heterocycles. The topological polar surface area (TPSA) is 21.6 Å². The minimum absolute atomic E-state index is 0.109. The van der Waals surface area contributed by atoms with Gasteiger partial charge in [0.25, 0.3) is 0 Å². The molecule has 1 heterocycles. The maximum Gasteiger partial charge on any atom is 0.149 e. The van der Waals surface area contributed by atoms with Crippen LogP contribution in [-0.4, -0.2) is 11.3 Å². The number of oxime groups is 1. The van der Waals surface area contributed by atoms with Crippen LogP contribution in [0.25, 0.3) is 0 Å². The highest BCUT2D eigenvalue weighted by Gasteiger charge is 2.76. The maximum atomic E-state index is 5.88. The summed E-state index contributed by atoms with van der Waals surface area (Å²) in [5, 5.41) is 4.96. The van der Waals surface area contributed by atoms with Gasteiger partial charge in [-0.05, 0) is 24.6 Å². The summed E-state index contributed by atoms with van der Waals surface area (Å²) in [6.45, 7) is 6.58. The van der Waals surface area contributed by atoms with Crippen molar-refractivity contribution in [2.45, 2.75) is 26.4 Å². The summed E-state index contributed by atoms with van der Waals surface area (Å²) in [5.74, 6) is 0.404. The monoisotopic (exact) mass is 235 g/mol. The van der Waals surface area contributed by atoms with Crippen LogP contribution in [0.2, 0.25) is 5.02 Å². The van der Waals surface area contributed by atoms with E-state index in [1.807, 2.05) is 24.3 Å². The van der Waals surface area contributed by atoms with Gasteiger partial charge < -0.3 is 4.84 Å². The van der Waals surface area contributed by atoms with Gasteiger partial charge in [-0.1, -0.05) is 42.7 Å². The first-order chi connectivity index (χ1) is 7.47. The lowest BCUT2D eigenvalue weighted by molar-refractivity contribution is 0.0323. The molecule has 3 rings (SSSR count). The van der Waals surface area contributed by atoms with Gasteiger partial charge in [0.1, 0.15) is 5.60 Å². The fourth-order valence-corrected chi connectivity index (χ4v) is 2.88. The van der Waals surface area contributed by atoms with Crippen LogP contribution in [0, 0.1) is 11.3 Å². The summed E-state index contributed by atoms with van der Waals surface area (Å²) in [5.41, 5.74) is 2.25. The number of rotatable bonds is 1. The summed E-state index contributed by atoms with van der Waals surface area (Å²) in [6.07, 6.45) is 0. The van der Waals surface area contributed by atoms with Crippen LogP contribution < -0.4 is 0 Å². The smallest absolute Gasteiger partial charge is 0.149 e. The van der Waals surface area contributed by atoms with Gasteiger partial charge >= 0.3 is 0 Å². The van der Waals surface area contributed by atoms with Crippen LogP contribution in [0.4, 0.5) is 0 Å². The highest BCUT2D eigenvalue weighted by atomic mass is 35.5. The van der Waals surface area contributed by atoms with Gasteiger partial charge in [0.15, 0.2) is 0 Å². The van der Waals surface area contributed by atoms with E-state index in [0.717, 1.165) is 16.3 Å². The molecule has 16 heavy (non-hydrogen) atoms. The van der Waals surface area contributed by atoms with Crippen molar-refractivity contribution in [1.29, 1.82) is 0 Å². The number of hydrogen-bond acceptors (Lipinski definition) is 2. The third kappa shape index (κ3) is 1.06. The highest BCUT2D eigenvalue weighted by Crippen LogP contribution is 2.67. The Bertz CT molecular complexity index is 477. The molecule has 2 nitrogen and oxygen atoms in total. The second-order valence-electron chi connectivity index (χ2n) is 5.34. The van der Waals surface area contributed by atoms with E-state index in [1.54, 1.807) is 0 Å². The van der Waals surface area contributed by atoms with Crippen molar-refractivity contribution in [3.8, 4) is 0 Å². The van der Waals surface area contributed by atoms with Crippen LogP contribution in [0.15, 0.2) is 29.4 Å². The number of hydrogen-bond donors (Lipinski definition) is 0. The zero-order chi connectivity index (χ0) is 11.6. The van der Waals surface area contributed by atoms with E-state index in [2.05, 4.69) is 25.9 Å². The minimum atomic E-state index is -0.109. The van der Waals surface area contributed by atoms with E-state index in [9.17, 15) is 0 Å². The van der Waals surface area contributed by atoms with Crippen LogP contribution in [-0.2, 0) is 4.84 Å². The summed E-state index contributed by atoms with van der Waals surface area (Å²) in [4.78, 5) is 5.58. The zero-order valence-electron chi connectivity index (χ0n) is 9.62. The molecule has 1 aromatic rings. The van der Waals surface area contributed by atoms with E-state index < -0.39 is 0 Å². The van der Waals surface area contributed by atoms with Crippen molar-refractivity contribution in [1.82, 2.24) is 0 Å². The Morgan fingerprint density at radius 2 is 1.81 bits per heavy atom. The van der Waals surface area contributed by atoms with Gasteiger partial charge in [-0.25, -0.2) is 0 Å². The minimum Gasteiger partial charge on any atom is -0.388 e. The Morgan fingerprint density at radius 1 is 1.19 bits per heavy atom. The Labute approximate surface area is 100 Å². The molecule has 0 N–H and O–H groups in total. The van der Waals surface area contributed by atoms with Crippen molar-refractivity contribution in [3.05, 3.63) is 34.9 Å². The molecule has 3 heteroatoms. The second-order valence-corrected chi connectivity index (χ2v) is 5.77. The molecule has 0 spiro atoms. The largest absolute Gasteiger partial charge is 0.388 e. The zero-order valence-corrected chi connectivity index (χ0v) is 10.4. The SMILES string of the molecule is CC1(C)[C@@H]2C(c3ccc(Cl)cc3)=NO[C@@]21C. The molecule has 1 aliphatic heterocycles. The third-order valence-corrected chi connectivity index (χ3v) is 4.47. The molecular weight excluding hydrogens is 222 g/mol. The molecule has 1 fully saturated rings. The van der Waals surface area contributed by atoms with Gasteiger partial charge in [-0.3, -0.25) is 0 Å². The average Bonchev–Trinajstić information content (AvgIpc) is 2.58. The van der Waals surface area contributed by atoms with Gasteiger partial charge in [-0.2, -0.15) is 0 Å². The van der Waals surface area contributed by atoms with Gasteiger partial charge in [0.05, 0.1) is 11.6 Å². The molecule has 0 radical (unpaired) electrons. The maximum absolute atomic E-state index is 5.88. The molecule has 2 atom stereocenters. The lowest BCUT2D eigenvalue weighted by Gasteiger charge is -2.11. The Balaban J connectivity index is 1.97. The first kappa shape index (κ1) is 10.2. The molecule has 0 aromatic heterocycles. The van der Waals surface area contributed by atoms with E-state index in [4.69, 9.17) is 16.4 Å². The van der Waals surface area contributed by atoms with E-state index in [-0.39, 0.29) is 11.0 Å². The van der Waals surface area contributed by atoms with Crippen LogP contribution >= 0.6 is 11.6 Å². The molecule has 1 aliphatic carbocycles. The highest BCUT2D eigenvalue weighted by molar-refractivity contribution is 6.30. The molecule has 0 unspecified atom stereocenters. The number of benzene rings is 1. The lowest BCUT2D eigenvalue weighted by atomic mass is 10.0. The van der Waals surface area contributed by atoms with Crippen LogP contribution in [0.3, 0.4) is 0 Å². The van der Waals surface area contributed by atoms with Gasteiger partial charge in [-0.15, -0.1) is 0 Å². The van der Waals surface area contributed by atoms with Crippen molar-refractivity contribution in [3.63, 3.8) is 0 Å². The summed E-state index contributed by atoms with van der Waals surface area (Å²) in [7, 11) is 0. The van der Waals surface area contributed by atoms with Crippen molar-refractivity contribution < 1.29 is 4.84 Å². The summed E-state index contributed by atoms with van der Waals surface area (Å²) < 4.78 is 0. The first-order valence-corrected chi connectivity index (χ1v) is 5.86. The predicted molar refractivity (Wildman–Crippen MR) is 64.8 cm³/mol. The average molecular weight is 236 g/mol.